The second-order valence-corrected chi connectivity index (χ2v) is 8.46. The summed E-state index contributed by atoms with van der Waals surface area (Å²) < 4.78 is 11.8. The highest BCUT2D eigenvalue weighted by Crippen LogP contribution is 2.41. The minimum Gasteiger partial charge on any atom is -0.435 e. The van der Waals surface area contributed by atoms with E-state index in [1.54, 1.807) is 18.5 Å². The van der Waals surface area contributed by atoms with E-state index in [1.807, 2.05) is 18.2 Å². The zero-order chi connectivity index (χ0) is 20.8. The number of pyridine rings is 2. The fourth-order valence-electron chi connectivity index (χ4n) is 4.30. The third kappa shape index (κ3) is 3.67. The first-order valence-corrected chi connectivity index (χ1v) is 10.8. The standard InChI is InChI=1S/C23H24N6O2/c24-22-19(31-21-3-1-2-8-25-21)9-15(11-26-22)18-10-20(28-23(27-18)14-4-5-14)29-12-17-7-6-16(29)13-30-17/h1-3,8-11,14,16-17H,4-7,12-13H2,(H2,24,26)/t16-,17-/m0/s1. The quantitative estimate of drug-likeness (QED) is 0.674. The molecule has 31 heavy (non-hydrogen) atoms. The van der Waals surface area contributed by atoms with Gasteiger partial charge in [0.1, 0.15) is 11.6 Å². The Bertz CT molecular complexity index is 1100. The summed E-state index contributed by atoms with van der Waals surface area (Å²) in [5.41, 5.74) is 7.76. The second kappa shape index (κ2) is 7.46. The topological polar surface area (TPSA) is 99.3 Å². The van der Waals surface area contributed by atoms with Crippen LogP contribution in [0.3, 0.4) is 0 Å². The maximum Gasteiger partial charge on any atom is 0.219 e. The van der Waals surface area contributed by atoms with Crippen molar-refractivity contribution in [1.82, 2.24) is 19.9 Å². The summed E-state index contributed by atoms with van der Waals surface area (Å²) in [4.78, 5) is 20.8. The summed E-state index contributed by atoms with van der Waals surface area (Å²) in [7, 11) is 0. The molecule has 3 aromatic rings. The number of piperidine rings is 1. The Hall–Kier alpha value is -3.26. The lowest BCUT2D eigenvalue weighted by Gasteiger charge is -2.45. The van der Waals surface area contributed by atoms with Gasteiger partial charge in [0.15, 0.2) is 11.6 Å². The highest BCUT2D eigenvalue weighted by Gasteiger charge is 2.36. The van der Waals surface area contributed by atoms with Gasteiger partial charge in [0, 0.05) is 42.6 Å². The van der Waals surface area contributed by atoms with Crippen molar-refractivity contribution >= 4 is 11.6 Å². The second-order valence-electron chi connectivity index (χ2n) is 8.46. The third-order valence-electron chi connectivity index (χ3n) is 6.18. The summed E-state index contributed by atoms with van der Waals surface area (Å²) in [5, 5.41) is 0. The fraction of sp³-hybridized carbons (Fsp3) is 0.391. The van der Waals surface area contributed by atoms with E-state index < -0.39 is 0 Å². The molecule has 3 aliphatic heterocycles. The van der Waals surface area contributed by atoms with E-state index in [9.17, 15) is 0 Å². The zero-order valence-corrected chi connectivity index (χ0v) is 17.1. The van der Waals surface area contributed by atoms with Crippen LogP contribution in [0.2, 0.25) is 0 Å². The van der Waals surface area contributed by atoms with Crippen molar-refractivity contribution in [2.45, 2.75) is 43.7 Å². The number of rotatable bonds is 5. The number of nitrogens with zero attached hydrogens (tertiary/aromatic N) is 5. The van der Waals surface area contributed by atoms with Gasteiger partial charge >= 0.3 is 0 Å². The van der Waals surface area contributed by atoms with Gasteiger partial charge in [-0.2, -0.15) is 0 Å². The molecule has 6 heterocycles. The van der Waals surface area contributed by atoms with Crippen LogP contribution >= 0.6 is 0 Å². The SMILES string of the molecule is Nc1ncc(-c2cc(N3C[C@@H]4CC[C@H]3CO4)nc(C3CC3)n2)cc1Oc1ccccn1. The average Bonchev–Trinajstić information content (AvgIpc) is 3.67. The van der Waals surface area contributed by atoms with Gasteiger partial charge in [0.25, 0.3) is 0 Å². The Morgan fingerprint density at radius 1 is 1.06 bits per heavy atom. The van der Waals surface area contributed by atoms with Gasteiger partial charge < -0.3 is 20.1 Å². The van der Waals surface area contributed by atoms with E-state index in [2.05, 4.69) is 20.9 Å². The van der Waals surface area contributed by atoms with E-state index in [-0.39, 0.29) is 0 Å². The van der Waals surface area contributed by atoms with Crippen molar-refractivity contribution in [1.29, 1.82) is 0 Å². The highest BCUT2D eigenvalue weighted by molar-refractivity contribution is 5.67. The number of morpholine rings is 1. The van der Waals surface area contributed by atoms with Crippen molar-refractivity contribution in [2.24, 2.45) is 0 Å². The molecule has 158 valence electrons. The molecule has 0 radical (unpaired) electrons. The van der Waals surface area contributed by atoms with E-state index in [4.69, 9.17) is 25.2 Å². The van der Waals surface area contributed by atoms with Crippen LogP contribution in [0.15, 0.2) is 42.7 Å². The maximum atomic E-state index is 6.07. The number of anilines is 2. The van der Waals surface area contributed by atoms with E-state index >= 15 is 0 Å². The monoisotopic (exact) mass is 416 g/mol. The number of fused-ring (bicyclic) bond motifs is 3. The van der Waals surface area contributed by atoms with Gasteiger partial charge in [-0.3, -0.25) is 0 Å². The van der Waals surface area contributed by atoms with Crippen LogP contribution in [0.4, 0.5) is 11.6 Å². The van der Waals surface area contributed by atoms with Gasteiger partial charge in [0.2, 0.25) is 5.88 Å². The fourth-order valence-corrected chi connectivity index (χ4v) is 4.30. The molecule has 4 fully saturated rings. The normalized spacial score (nSPS) is 22.5. The van der Waals surface area contributed by atoms with E-state index in [0.717, 1.165) is 61.7 Å². The first-order valence-electron chi connectivity index (χ1n) is 10.8. The molecule has 2 atom stereocenters. The van der Waals surface area contributed by atoms with E-state index in [0.29, 0.717) is 35.5 Å². The first-order chi connectivity index (χ1) is 15.2. The van der Waals surface area contributed by atoms with Crippen LogP contribution in [0, 0.1) is 0 Å². The van der Waals surface area contributed by atoms with Crippen molar-refractivity contribution in [3.8, 4) is 22.9 Å². The van der Waals surface area contributed by atoms with Crippen LogP contribution in [0.25, 0.3) is 11.3 Å². The molecular weight excluding hydrogens is 392 g/mol. The van der Waals surface area contributed by atoms with Gasteiger partial charge in [0.05, 0.1) is 24.4 Å². The number of nitrogen functional groups attached to an aromatic ring is 1. The first kappa shape index (κ1) is 18.5. The molecule has 3 aromatic heterocycles. The Kier molecular flexibility index (Phi) is 4.45. The maximum absolute atomic E-state index is 6.07. The number of nitrogens with two attached hydrogens (primary N) is 1. The lowest BCUT2D eigenvalue weighted by atomic mass is 9.97. The highest BCUT2D eigenvalue weighted by atomic mass is 16.5. The Morgan fingerprint density at radius 3 is 2.71 bits per heavy atom. The molecule has 3 saturated heterocycles. The zero-order valence-electron chi connectivity index (χ0n) is 17.1. The van der Waals surface area contributed by atoms with Gasteiger partial charge in [-0.05, 0) is 37.8 Å². The molecule has 0 unspecified atom stereocenters. The average molecular weight is 416 g/mol. The van der Waals surface area contributed by atoms with Crippen LogP contribution in [-0.4, -0.2) is 45.2 Å². The van der Waals surface area contributed by atoms with Crippen LogP contribution in [-0.2, 0) is 4.74 Å². The predicted octanol–water partition coefficient (Wildman–Crippen LogP) is 3.55. The number of aromatic nitrogens is 4. The van der Waals surface area contributed by atoms with Crippen LogP contribution in [0.1, 0.15) is 37.4 Å². The minimum atomic E-state index is 0.296. The summed E-state index contributed by atoms with van der Waals surface area (Å²) >= 11 is 0. The molecule has 8 nitrogen and oxygen atoms in total. The summed E-state index contributed by atoms with van der Waals surface area (Å²) in [6.45, 7) is 1.66. The molecule has 0 amide bonds. The molecule has 1 saturated carbocycles. The molecule has 2 N–H and O–H groups in total. The molecule has 1 aliphatic carbocycles. The smallest absolute Gasteiger partial charge is 0.219 e. The largest absolute Gasteiger partial charge is 0.435 e. The van der Waals surface area contributed by atoms with Crippen molar-refractivity contribution < 1.29 is 9.47 Å². The van der Waals surface area contributed by atoms with Crippen molar-refractivity contribution in [3.63, 3.8) is 0 Å². The Balaban J connectivity index is 1.37. The molecule has 7 rings (SSSR count). The minimum absolute atomic E-state index is 0.296. The summed E-state index contributed by atoms with van der Waals surface area (Å²) in [6, 6.07) is 9.81. The third-order valence-corrected chi connectivity index (χ3v) is 6.18. The predicted molar refractivity (Wildman–Crippen MR) is 116 cm³/mol. The molecule has 4 aliphatic rings. The van der Waals surface area contributed by atoms with Crippen molar-refractivity contribution in [2.75, 3.05) is 23.8 Å². The van der Waals surface area contributed by atoms with Crippen molar-refractivity contribution in [3.05, 3.63) is 48.5 Å². The molecule has 0 aromatic carbocycles. The van der Waals surface area contributed by atoms with Crippen LogP contribution in [0.5, 0.6) is 11.6 Å². The Morgan fingerprint density at radius 2 is 2.00 bits per heavy atom. The number of hydrogen-bond donors (Lipinski definition) is 1. The summed E-state index contributed by atoms with van der Waals surface area (Å²) in [6.07, 6.45) is 8.29. The molecule has 8 heteroatoms. The lowest BCUT2D eigenvalue weighted by molar-refractivity contribution is -0.0228. The lowest BCUT2D eigenvalue weighted by Crippen LogP contribution is -2.54. The number of hydrogen-bond acceptors (Lipinski definition) is 8. The molecular formula is C23H24N6O2. The van der Waals surface area contributed by atoms with Gasteiger partial charge in [-0.25, -0.2) is 19.9 Å². The number of ether oxygens (including phenoxy) is 2. The Labute approximate surface area is 180 Å². The van der Waals surface area contributed by atoms with Gasteiger partial charge in [-0.15, -0.1) is 0 Å². The molecule has 2 bridgehead atoms. The van der Waals surface area contributed by atoms with Crippen LogP contribution < -0.4 is 15.4 Å². The molecule has 0 spiro atoms. The van der Waals surface area contributed by atoms with E-state index in [1.165, 1.54) is 0 Å². The van der Waals surface area contributed by atoms with Gasteiger partial charge in [-0.1, -0.05) is 6.07 Å². The summed E-state index contributed by atoms with van der Waals surface area (Å²) in [5.74, 6) is 3.60.